The number of esters is 2. The lowest BCUT2D eigenvalue weighted by Gasteiger charge is -2.58. The third-order valence-electron chi connectivity index (χ3n) is 9.24. The summed E-state index contributed by atoms with van der Waals surface area (Å²) in [5.41, 5.74) is 0.318. The lowest BCUT2D eigenvalue weighted by molar-refractivity contribution is -0.232. The summed E-state index contributed by atoms with van der Waals surface area (Å²) in [6.07, 6.45) is 10.5. The number of carbonyl (C=O) groups is 2. The van der Waals surface area contributed by atoms with Crippen molar-refractivity contribution in [2.24, 2.45) is 10.8 Å². The van der Waals surface area contributed by atoms with Gasteiger partial charge in [-0.2, -0.15) is 0 Å². The Hall–Kier alpha value is -2.26. The Labute approximate surface area is 218 Å². The summed E-state index contributed by atoms with van der Waals surface area (Å²) in [5.74, 6) is -0.879. The van der Waals surface area contributed by atoms with Crippen LogP contribution in [0.5, 0.6) is 0 Å². The number of hydrogen-bond donors (Lipinski definition) is 1. The lowest BCUT2D eigenvalue weighted by atomic mass is 9.51. The second-order valence-electron chi connectivity index (χ2n) is 11.4. The Morgan fingerprint density at radius 2 is 1.84 bits per heavy atom. The van der Waals surface area contributed by atoms with Crippen LogP contribution in [0.1, 0.15) is 53.4 Å². The molecule has 0 aromatic rings. The first kappa shape index (κ1) is 26.4. The van der Waals surface area contributed by atoms with Crippen LogP contribution in [0.3, 0.4) is 0 Å². The van der Waals surface area contributed by atoms with E-state index in [1.807, 2.05) is 6.92 Å². The predicted molar refractivity (Wildman–Crippen MR) is 134 cm³/mol. The normalized spacial score (nSPS) is 43.1. The van der Waals surface area contributed by atoms with Gasteiger partial charge in [-0.25, -0.2) is 9.59 Å². The molecule has 1 saturated carbocycles. The van der Waals surface area contributed by atoms with Crippen molar-refractivity contribution in [1.82, 2.24) is 0 Å². The van der Waals surface area contributed by atoms with E-state index in [4.69, 9.17) is 23.7 Å². The van der Waals surface area contributed by atoms with Gasteiger partial charge in [-0.15, -0.1) is 0 Å². The van der Waals surface area contributed by atoms with Crippen molar-refractivity contribution in [2.45, 2.75) is 89.5 Å². The van der Waals surface area contributed by atoms with Crippen molar-refractivity contribution in [2.75, 3.05) is 19.8 Å². The van der Waals surface area contributed by atoms with E-state index >= 15 is 0 Å². The summed E-state index contributed by atoms with van der Waals surface area (Å²) in [6, 6.07) is 0. The molecule has 5 aliphatic rings. The van der Waals surface area contributed by atoms with Gasteiger partial charge in [-0.05, 0) is 40.0 Å². The number of ether oxygens (including phenoxy) is 5. The van der Waals surface area contributed by atoms with Crippen LogP contribution in [0.15, 0.2) is 47.6 Å². The van der Waals surface area contributed by atoms with E-state index in [1.54, 1.807) is 25.2 Å². The molecule has 8 heteroatoms. The molecular weight excluding hydrogens is 476 g/mol. The first-order valence-electron chi connectivity index (χ1n) is 13.3. The van der Waals surface area contributed by atoms with Crippen molar-refractivity contribution >= 4 is 11.9 Å². The molecule has 5 rings (SSSR count). The zero-order valence-electron chi connectivity index (χ0n) is 22.1. The van der Waals surface area contributed by atoms with Gasteiger partial charge in [0, 0.05) is 24.0 Å². The first-order valence-corrected chi connectivity index (χ1v) is 13.3. The molecule has 8 atom stereocenters. The fourth-order valence-corrected chi connectivity index (χ4v) is 6.85. The van der Waals surface area contributed by atoms with Crippen LogP contribution in [-0.2, 0) is 33.3 Å². The molecule has 8 nitrogen and oxygen atoms in total. The zero-order chi connectivity index (χ0) is 26.4. The standard InChI is InChI=1S/C29H38O8/c1-18-9-11-28-16-34-26(32)14-19(2)10-12-33-21(20(3)30)7-5-6-8-25(31)37-22-15-24(36-23(28)13-18)29(17-35-29)27(22,28)4/h5-8,13-14,20-24,30H,9-12,15-17H2,1-4H3/t20?,21?,22?,23?,24?,27-,28-,29+/m1/s1. The first-order chi connectivity index (χ1) is 17.6. The SMILES string of the molecule is CC1=CC(=O)OC[C@]23CCC(C)=CC2OC2CC(OC(=O)C=CC=CC(C(C)O)OCC1)[C@@]3(C)[C@]21CO1. The summed E-state index contributed by atoms with van der Waals surface area (Å²) < 4.78 is 30.6. The summed E-state index contributed by atoms with van der Waals surface area (Å²) in [7, 11) is 0. The van der Waals surface area contributed by atoms with Crippen molar-refractivity contribution in [3.8, 4) is 0 Å². The van der Waals surface area contributed by atoms with Crippen LogP contribution in [0.4, 0.5) is 0 Å². The molecule has 0 radical (unpaired) electrons. The number of aliphatic hydroxyl groups is 1. The Balaban J connectivity index is 1.51. The molecule has 2 bridgehead atoms. The minimum Gasteiger partial charge on any atom is -0.462 e. The molecule has 2 saturated heterocycles. The number of allylic oxidation sites excluding steroid dienone is 3. The molecule has 0 aromatic carbocycles. The van der Waals surface area contributed by atoms with E-state index in [1.165, 1.54) is 17.7 Å². The third-order valence-corrected chi connectivity index (χ3v) is 9.24. The van der Waals surface area contributed by atoms with Crippen LogP contribution >= 0.6 is 0 Å². The average molecular weight is 515 g/mol. The summed E-state index contributed by atoms with van der Waals surface area (Å²) >= 11 is 0. The number of aliphatic hydroxyl groups excluding tert-OH is 1. The van der Waals surface area contributed by atoms with Crippen LogP contribution in [0.25, 0.3) is 0 Å². The smallest absolute Gasteiger partial charge is 0.331 e. The summed E-state index contributed by atoms with van der Waals surface area (Å²) in [6.45, 7) is 8.73. The number of rotatable bonds is 1. The maximum Gasteiger partial charge on any atom is 0.331 e. The molecule has 5 unspecified atom stereocenters. The van der Waals surface area contributed by atoms with Gasteiger partial charge in [-0.1, -0.05) is 42.4 Å². The van der Waals surface area contributed by atoms with E-state index < -0.39 is 46.7 Å². The van der Waals surface area contributed by atoms with Gasteiger partial charge in [0.2, 0.25) is 0 Å². The van der Waals surface area contributed by atoms with Crippen LogP contribution in [-0.4, -0.2) is 73.0 Å². The zero-order valence-corrected chi connectivity index (χ0v) is 22.1. The van der Waals surface area contributed by atoms with Crippen molar-refractivity contribution in [1.29, 1.82) is 0 Å². The average Bonchev–Trinajstić information content (AvgIpc) is 3.61. The maximum absolute atomic E-state index is 12.9. The van der Waals surface area contributed by atoms with Gasteiger partial charge in [0.05, 0.1) is 36.9 Å². The number of cyclic esters (lactones) is 1. The minimum atomic E-state index is -0.735. The highest BCUT2D eigenvalue weighted by Crippen LogP contribution is 2.72. The predicted octanol–water partition coefficient (Wildman–Crippen LogP) is 3.34. The molecule has 0 amide bonds. The van der Waals surface area contributed by atoms with Gasteiger partial charge >= 0.3 is 11.9 Å². The molecular formula is C29H38O8. The molecule has 3 heterocycles. The lowest BCUT2D eigenvalue weighted by Crippen LogP contribution is -2.66. The monoisotopic (exact) mass is 514 g/mol. The van der Waals surface area contributed by atoms with E-state index in [9.17, 15) is 14.7 Å². The van der Waals surface area contributed by atoms with E-state index in [0.717, 1.165) is 18.4 Å². The number of epoxide rings is 1. The van der Waals surface area contributed by atoms with Gasteiger partial charge in [0.25, 0.3) is 0 Å². The van der Waals surface area contributed by atoms with Crippen LogP contribution < -0.4 is 0 Å². The van der Waals surface area contributed by atoms with Crippen molar-refractivity contribution in [3.05, 3.63) is 47.6 Å². The fourth-order valence-electron chi connectivity index (χ4n) is 6.85. The van der Waals surface area contributed by atoms with E-state index in [2.05, 4.69) is 19.9 Å². The van der Waals surface area contributed by atoms with Crippen molar-refractivity contribution < 1.29 is 38.4 Å². The summed E-state index contributed by atoms with van der Waals surface area (Å²) in [4.78, 5) is 25.9. The molecule has 37 heavy (non-hydrogen) atoms. The van der Waals surface area contributed by atoms with Gasteiger partial charge in [0.15, 0.2) is 0 Å². The third kappa shape index (κ3) is 4.42. The molecule has 0 aromatic heterocycles. The summed E-state index contributed by atoms with van der Waals surface area (Å²) in [5, 5.41) is 10.0. The van der Waals surface area contributed by atoms with Crippen LogP contribution in [0.2, 0.25) is 0 Å². The second kappa shape index (κ2) is 9.80. The van der Waals surface area contributed by atoms with Gasteiger partial charge in [0.1, 0.15) is 24.4 Å². The van der Waals surface area contributed by atoms with Gasteiger partial charge in [-0.3, -0.25) is 0 Å². The highest BCUT2D eigenvalue weighted by atomic mass is 16.6. The molecule has 3 fully saturated rings. The highest BCUT2D eigenvalue weighted by molar-refractivity contribution is 5.83. The molecule has 1 N–H and O–H groups in total. The number of hydrogen-bond acceptors (Lipinski definition) is 8. The number of carbonyl (C=O) groups excluding carboxylic acids is 2. The molecule has 2 aliphatic carbocycles. The molecule has 2 spiro atoms. The molecule has 202 valence electrons. The minimum absolute atomic E-state index is 0.144. The Bertz CT molecular complexity index is 1050. The van der Waals surface area contributed by atoms with E-state index in [0.29, 0.717) is 26.1 Å². The topological polar surface area (TPSA) is 104 Å². The quantitative estimate of drug-likeness (QED) is 0.323. The van der Waals surface area contributed by atoms with Gasteiger partial charge < -0.3 is 28.8 Å². The highest BCUT2D eigenvalue weighted by Gasteiger charge is 2.83. The fraction of sp³-hybridized carbons (Fsp3) is 0.655. The van der Waals surface area contributed by atoms with Crippen molar-refractivity contribution in [3.63, 3.8) is 0 Å². The Kier molecular flexibility index (Phi) is 6.98. The Morgan fingerprint density at radius 3 is 2.57 bits per heavy atom. The van der Waals surface area contributed by atoms with Crippen LogP contribution in [0, 0.1) is 10.8 Å². The Morgan fingerprint density at radius 1 is 1.05 bits per heavy atom. The maximum atomic E-state index is 12.9. The van der Waals surface area contributed by atoms with E-state index in [-0.39, 0.29) is 18.8 Å². The second-order valence-corrected chi connectivity index (χ2v) is 11.4. The largest absolute Gasteiger partial charge is 0.462 e. The molecule has 3 aliphatic heterocycles.